The van der Waals surface area contributed by atoms with E-state index in [1.807, 2.05) is 0 Å². The number of ether oxygens (including phenoxy) is 1. The predicted octanol–water partition coefficient (Wildman–Crippen LogP) is 2.42. The average Bonchev–Trinajstić information content (AvgIpc) is 2.90. The van der Waals surface area contributed by atoms with Crippen LogP contribution in [0.15, 0.2) is 0 Å². The Morgan fingerprint density at radius 1 is 1.08 bits per heavy atom. The minimum atomic E-state index is 0.0237. The maximum atomic E-state index is 5.92. The second-order valence-electron chi connectivity index (χ2n) is 4.61. The SMILES string of the molecule is NC(CC1CC1)OC1CCCCC1. The van der Waals surface area contributed by atoms with Gasteiger partial charge < -0.3 is 10.5 Å². The molecule has 2 aliphatic rings. The van der Waals surface area contributed by atoms with Crippen molar-refractivity contribution in [3.8, 4) is 0 Å². The molecule has 0 aliphatic heterocycles. The Kier molecular flexibility index (Phi) is 3.23. The number of hydrogen-bond donors (Lipinski definition) is 1. The van der Waals surface area contributed by atoms with Gasteiger partial charge in [0.2, 0.25) is 0 Å². The summed E-state index contributed by atoms with van der Waals surface area (Å²) in [5.74, 6) is 0.888. The van der Waals surface area contributed by atoms with Crippen LogP contribution in [0, 0.1) is 5.92 Å². The van der Waals surface area contributed by atoms with E-state index in [-0.39, 0.29) is 6.23 Å². The lowest BCUT2D eigenvalue weighted by atomic mass is 9.98. The van der Waals surface area contributed by atoms with Gasteiger partial charge in [-0.3, -0.25) is 0 Å². The summed E-state index contributed by atoms with van der Waals surface area (Å²) in [6.07, 6.45) is 10.9. The van der Waals surface area contributed by atoms with Crippen LogP contribution in [0.3, 0.4) is 0 Å². The molecule has 2 nitrogen and oxygen atoms in total. The zero-order chi connectivity index (χ0) is 9.10. The molecule has 0 aromatic heterocycles. The highest BCUT2D eigenvalue weighted by molar-refractivity contribution is 4.76. The van der Waals surface area contributed by atoms with Crippen molar-refractivity contribution >= 4 is 0 Å². The zero-order valence-corrected chi connectivity index (χ0v) is 8.37. The van der Waals surface area contributed by atoms with Crippen molar-refractivity contribution in [1.82, 2.24) is 0 Å². The lowest BCUT2D eigenvalue weighted by molar-refractivity contribution is -0.0324. The summed E-state index contributed by atoms with van der Waals surface area (Å²) >= 11 is 0. The summed E-state index contributed by atoms with van der Waals surface area (Å²) in [4.78, 5) is 0. The molecule has 13 heavy (non-hydrogen) atoms. The molecule has 2 rings (SSSR count). The van der Waals surface area contributed by atoms with Crippen molar-refractivity contribution in [3.05, 3.63) is 0 Å². The molecular formula is C11H21NO. The van der Waals surface area contributed by atoms with Crippen LogP contribution in [0.1, 0.15) is 51.4 Å². The third-order valence-electron chi connectivity index (χ3n) is 3.18. The first-order valence-electron chi connectivity index (χ1n) is 5.75. The zero-order valence-electron chi connectivity index (χ0n) is 8.37. The van der Waals surface area contributed by atoms with E-state index in [4.69, 9.17) is 10.5 Å². The van der Waals surface area contributed by atoms with Crippen LogP contribution in [0.4, 0.5) is 0 Å². The van der Waals surface area contributed by atoms with Crippen LogP contribution in [-0.2, 0) is 4.74 Å². The van der Waals surface area contributed by atoms with Gasteiger partial charge in [0, 0.05) is 0 Å². The fourth-order valence-electron chi connectivity index (χ4n) is 2.19. The van der Waals surface area contributed by atoms with Crippen molar-refractivity contribution in [3.63, 3.8) is 0 Å². The van der Waals surface area contributed by atoms with Crippen LogP contribution >= 0.6 is 0 Å². The summed E-state index contributed by atoms with van der Waals surface area (Å²) < 4.78 is 5.82. The molecule has 2 aliphatic carbocycles. The molecular weight excluding hydrogens is 162 g/mol. The Bertz CT molecular complexity index is 150. The van der Waals surface area contributed by atoms with Gasteiger partial charge in [-0.05, 0) is 25.2 Å². The summed E-state index contributed by atoms with van der Waals surface area (Å²) in [6.45, 7) is 0. The third-order valence-corrected chi connectivity index (χ3v) is 3.18. The lowest BCUT2D eigenvalue weighted by Crippen LogP contribution is -2.31. The Hall–Kier alpha value is -0.0800. The average molecular weight is 183 g/mol. The highest BCUT2D eigenvalue weighted by Crippen LogP contribution is 2.34. The number of rotatable bonds is 4. The van der Waals surface area contributed by atoms with Crippen molar-refractivity contribution in [2.75, 3.05) is 0 Å². The van der Waals surface area contributed by atoms with Crippen LogP contribution in [0.5, 0.6) is 0 Å². The fourth-order valence-corrected chi connectivity index (χ4v) is 2.19. The van der Waals surface area contributed by atoms with E-state index in [0.717, 1.165) is 12.3 Å². The Morgan fingerprint density at radius 3 is 2.38 bits per heavy atom. The van der Waals surface area contributed by atoms with Gasteiger partial charge in [0.25, 0.3) is 0 Å². The van der Waals surface area contributed by atoms with Crippen molar-refractivity contribution in [2.45, 2.75) is 63.7 Å². The fraction of sp³-hybridized carbons (Fsp3) is 1.00. The van der Waals surface area contributed by atoms with Gasteiger partial charge in [-0.15, -0.1) is 0 Å². The lowest BCUT2D eigenvalue weighted by Gasteiger charge is -2.25. The Balaban J connectivity index is 1.62. The van der Waals surface area contributed by atoms with Gasteiger partial charge in [0.05, 0.1) is 6.10 Å². The smallest absolute Gasteiger partial charge is 0.106 e. The molecule has 0 radical (unpaired) electrons. The minimum Gasteiger partial charge on any atom is -0.360 e. The van der Waals surface area contributed by atoms with Crippen LogP contribution in [-0.4, -0.2) is 12.3 Å². The van der Waals surface area contributed by atoms with Crippen LogP contribution in [0.25, 0.3) is 0 Å². The van der Waals surface area contributed by atoms with E-state index in [0.29, 0.717) is 6.10 Å². The quantitative estimate of drug-likeness (QED) is 0.679. The number of nitrogens with two attached hydrogens (primary N) is 1. The monoisotopic (exact) mass is 183 g/mol. The number of hydrogen-bond acceptors (Lipinski definition) is 2. The van der Waals surface area contributed by atoms with Gasteiger partial charge in [-0.2, -0.15) is 0 Å². The summed E-state index contributed by atoms with van der Waals surface area (Å²) in [5.41, 5.74) is 5.92. The minimum absolute atomic E-state index is 0.0237. The van der Waals surface area contributed by atoms with Crippen molar-refractivity contribution in [1.29, 1.82) is 0 Å². The van der Waals surface area contributed by atoms with Gasteiger partial charge in [-0.25, -0.2) is 0 Å². The van der Waals surface area contributed by atoms with Crippen molar-refractivity contribution in [2.24, 2.45) is 11.7 Å². The van der Waals surface area contributed by atoms with E-state index in [1.54, 1.807) is 0 Å². The molecule has 0 spiro atoms. The van der Waals surface area contributed by atoms with Gasteiger partial charge in [0.15, 0.2) is 0 Å². The molecule has 0 amide bonds. The molecule has 0 saturated heterocycles. The summed E-state index contributed by atoms with van der Waals surface area (Å²) in [7, 11) is 0. The molecule has 2 saturated carbocycles. The van der Waals surface area contributed by atoms with Crippen LogP contribution < -0.4 is 5.73 Å². The van der Waals surface area contributed by atoms with Gasteiger partial charge in [-0.1, -0.05) is 32.1 Å². The van der Waals surface area contributed by atoms with Gasteiger partial charge in [0.1, 0.15) is 6.23 Å². The molecule has 0 aromatic rings. The normalized spacial score (nSPS) is 27.5. The first kappa shape index (κ1) is 9.47. The van der Waals surface area contributed by atoms with E-state index >= 15 is 0 Å². The molecule has 1 unspecified atom stereocenters. The highest BCUT2D eigenvalue weighted by Gasteiger charge is 2.25. The molecule has 2 N–H and O–H groups in total. The molecule has 0 aromatic carbocycles. The Labute approximate surface area is 80.8 Å². The standard InChI is InChI=1S/C11H21NO/c12-11(8-9-6-7-9)13-10-4-2-1-3-5-10/h9-11H,1-8,12H2. The van der Waals surface area contributed by atoms with E-state index in [9.17, 15) is 0 Å². The first-order valence-corrected chi connectivity index (χ1v) is 5.75. The van der Waals surface area contributed by atoms with Gasteiger partial charge >= 0.3 is 0 Å². The van der Waals surface area contributed by atoms with E-state index < -0.39 is 0 Å². The topological polar surface area (TPSA) is 35.2 Å². The molecule has 0 bridgehead atoms. The molecule has 2 fully saturated rings. The summed E-state index contributed by atoms with van der Waals surface area (Å²) in [5, 5.41) is 0. The maximum absolute atomic E-state index is 5.92. The summed E-state index contributed by atoms with van der Waals surface area (Å²) in [6, 6.07) is 0. The van der Waals surface area contributed by atoms with E-state index in [1.165, 1.54) is 44.9 Å². The molecule has 0 heterocycles. The highest BCUT2D eigenvalue weighted by atomic mass is 16.5. The largest absolute Gasteiger partial charge is 0.360 e. The molecule has 1 atom stereocenters. The van der Waals surface area contributed by atoms with E-state index in [2.05, 4.69) is 0 Å². The Morgan fingerprint density at radius 2 is 1.77 bits per heavy atom. The van der Waals surface area contributed by atoms with Crippen molar-refractivity contribution < 1.29 is 4.74 Å². The van der Waals surface area contributed by atoms with Crippen LogP contribution in [0.2, 0.25) is 0 Å². The second kappa shape index (κ2) is 4.43. The first-order chi connectivity index (χ1) is 6.34. The molecule has 76 valence electrons. The molecule has 2 heteroatoms. The second-order valence-corrected chi connectivity index (χ2v) is 4.61. The third kappa shape index (κ3) is 3.28. The maximum Gasteiger partial charge on any atom is 0.106 e. The predicted molar refractivity (Wildman–Crippen MR) is 53.3 cm³/mol.